The van der Waals surface area contributed by atoms with Crippen LogP contribution in [0.15, 0.2) is 36.4 Å². The molecule has 0 unspecified atom stereocenters. The van der Waals surface area contributed by atoms with Crippen molar-refractivity contribution in [1.29, 1.82) is 0 Å². The minimum atomic E-state index is -1.75. The molecular weight excluding hydrogens is 391 g/mol. The van der Waals surface area contributed by atoms with Crippen LogP contribution in [0.5, 0.6) is 5.75 Å². The Hall–Kier alpha value is -3.80. The van der Waals surface area contributed by atoms with Crippen LogP contribution < -0.4 is 15.3 Å². The van der Waals surface area contributed by atoms with Gasteiger partial charge in [0.15, 0.2) is 0 Å². The number of rotatable bonds is 4. The van der Waals surface area contributed by atoms with Crippen LogP contribution in [0, 0.1) is 26.0 Å². The Morgan fingerprint density at radius 1 is 1.07 bits per heavy atom. The highest BCUT2D eigenvalue weighted by atomic mass is 19.1. The van der Waals surface area contributed by atoms with E-state index < -0.39 is 38.5 Å². The third-order valence-corrected chi connectivity index (χ3v) is 4.09. The Labute approximate surface area is 163 Å². The van der Waals surface area contributed by atoms with Gasteiger partial charge in [-0.2, -0.15) is 0 Å². The van der Waals surface area contributed by atoms with Gasteiger partial charge in [0.05, 0.1) is 47.7 Å². The molecule has 1 fully saturated rings. The summed E-state index contributed by atoms with van der Waals surface area (Å²) in [5.41, 5.74) is -1.81. The van der Waals surface area contributed by atoms with Crippen LogP contribution in [0.4, 0.5) is 21.5 Å². The smallest absolute Gasteiger partial charge is 0.335 e. The highest BCUT2D eigenvalue weighted by Crippen LogP contribution is 2.32. The lowest BCUT2D eigenvalue weighted by Crippen LogP contribution is -2.89. The number of hydrogen-bond acceptors (Lipinski definition) is 7. The van der Waals surface area contributed by atoms with Gasteiger partial charge in [-0.05, 0) is 30.0 Å². The maximum absolute atomic E-state index is 12.6. The predicted octanol–water partition coefficient (Wildman–Crippen LogP) is 0.484. The molecule has 12 heteroatoms. The number of hydrogen-bond donors (Lipinski definition) is 2. The Morgan fingerprint density at radius 2 is 1.66 bits per heavy atom. The van der Waals surface area contributed by atoms with Gasteiger partial charge in [0.1, 0.15) is 5.82 Å². The summed E-state index contributed by atoms with van der Waals surface area (Å²) in [4.78, 5) is 31.3. The second kappa shape index (κ2) is 9.41. The number of non-ortho nitro benzene ring substituents is 1. The average molecular weight is 408 g/mol. The number of nitro benzene ring substituents is 2. The molecule has 154 valence electrons. The number of benzene rings is 2. The van der Waals surface area contributed by atoms with Crippen molar-refractivity contribution in [2.45, 2.75) is 0 Å². The van der Waals surface area contributed by atoms with E-state index in [0.717, 1.165) is 31.9 Å². The van der Waals surface area contributed by atoms with Crippen LogP contribution in [-0.2, 0) is 0 Å². The third-order valence-electron chi connectivity index (χ3n) is 4.09. The largest absolute Gasteiger partial charge is 0.867 e. The normalized spacial score (nSPS) is 13.2. The van der Waals surface area contributed by atoms with Crippen LogP contribution in [0.1, 0.15) is 10.4 Å². The van der Waals surface area contributed by atoms with Crippen molar-refractivity contribution < 1.29 is 34.6 Å². The van der Waals surface area contributed by atoms with Crippen LogP contribution in [0.3, 0.4) is 0 Å². The molecule has 1 saturated heterocycles. The number of anilines is 1. The van der Waals surface area contributed by atoms with E-state index in [1.807, 2.05) is 12.1 Å². The number of aromatic carboxylic acids is 1. The van der Waals surface area contributed by atoms with E-state index in [4.69, 9.17) is 5.11 Å². The van der Waals surface area contributed by atoms with Gasteiger partial charge in [-0.3, -0.25) is 20.2 Å². The SMILES string of the molecule is Fc1ccc(N2CC[NH2+]CC2)cc1.O=C(O)c1cc([N+](=O)[O-])cc([N+](=O)[O-])c1[O-]. The standard InChI is InChI=1S/C10H13FN2.C7H4N2O7/c11-9-1-3-10(4-2-9)13-7-5-12-6-8-13;10-6-4(7(11)12)1-3(8(13)14)2-5(6)9(15)16/h1-4,12H,5-8H2;1-2,10H,(H,11,12). The lowest BCUT2D eigenvalue weighted by Gasteiger charge is -2.27. The summed E-state index contributed by atoms with van der Waals surface area (Å²) in [6.07, 6.45) is 0. The molecule has 0 spiro atoms. The minimum Gasteiger partial charge on any atom is -0.867 e. The number of quaternary nitrogens is 1. The van der Waals surface area contributed by atoms with Crippen molar-refractivity contribution in [1.82, 2.24) is 0 Å². The molecule has 1 aliphatic rings. The summed E-state index contributed by atoms with van der Waals surface area (Å²) in [5, 5.41) is 42.7. The van der Waals surface area contributed by atoms with Crippen molar-refractivity contribution in [3.05, 3.63) is 68.0 Å². The molecule has 3 rings (SSSR count). The summed E-state index contributed by atoms with van der Waals surface area (Å²) in [6.45, 7) is 4.39. The maximum atomic E-state index is 12.6. The molecule has 0 radical (unpaired) electrons. The fourth-order valence-electron chi connectivity index (χ4n) is 2.66. The topological polar surface area (TPSA) is 166 Å². The van der Waals surface area contributed by atoms with Gasteiger partial charge >= 0.3 is 5.97 Å². The summed E-state index contributed by atoms with van der Waals surface area (Å²) in [5.74, 6) is -3.27. The molecule has 29 heavy (non-hydrogen) atoms. The highest BCUT2D eigenvalue weighted by Gasteiger charge is 2.21. The van der Waals surface area contributed by atoms with Gasteiger partial charge in [0, 0.05) is 11.8 Å². The lowest BCUT2D eigenvalue weighted by molar-refractivity contribution is -0.655. The highest BCUT2D eigenvalue weighted by molar-refractivity contribution is 5.93. The fraction of sp³-hybridized carbons (Fsp3) is 0.235. The van der Waals surface area contributed by atoms with E-state index in [1.54, 1.807) is 0 Å². The van der Waals surface area contributed by atoms with Crippen molar-refractivity contribution >= 4 is 23.0 Å². The number of carboxylic acid groups (broad SMARTS) is 1. The first-order valence-electron chi connectivity index (χ1n) is 8.40. The Morgan fingerprint density at radius 3 is 2.14 bits per heavy atom. The van der Waals surface area contributed by atoms with Gasteiger partial charge in [-0.15, -0.1) is 0 Å². The quantitative estimate of drug-likeness (QED) is 0.544. The number of carbonyl (C=O) groups is 1. The summed E-state index contributed by atoms with van der Waals surface area (Å²) in [6, 6.07) is 7.65. The second-order valence-corrected chi connectivity index (χ2v) is 5.99. The van der Waals surface area contributed by atoms with Gasteiger partial charge in [0.25, 0.3) is 11.4 Å². The molecule has 2 aromatic rings. The summed E-state index contributed by atoms with van der Waals surface area (Å²) in [7, 11) is 0. The number of nitro groups is 2. The van der Waals surface area contributed by atoms with E-state index in [2.05, 4.69) is 10.2 Å². The van der Waals surface area contributed by atoms with E-state index in [1.165, 1.54) is 12.1 Å². The third kappa shape index (κ3) is 5.59. The molecule has 0 bridgehead atoms. The van der Waals surface area contributed by atoms with Gasteiger partial charge in [-0.1, -0.05) is 0 Å². The minimum absolute atomic E-state index is 0.160. The first-order chi connectivity index (χ1) is 13.7. The van der Waals surface area contributed by atoms with E-state index in [9.17, 15) is 34.5 Å². The molecule has 0 saturated carbocycles. The Balaban J connectivity index is 0.000000211. The molecule has 0 aromatic heterocycles. The molecule has 2 aromatic carbocycles. The zero-order chi connectivity index (χ0) is 21.6. The van der Waals surface area contributed by atoms with Crippen molar-refractivity contribution in [2.75, 3.05) is 31.1 Å². The number of halogens is 1. The van der Waals surface area contributed by atoms with Gasteiger partial charge in [-0.25, -0.2) is 9.18 Å². The summed E-state index contributed by atoms with van der Waals surface area (Å²) >= 11 is 0. The number of nitrogens with zero attached hydrogens (tertiary/aromatic N) is 3. The first-order valence-corrected chi connectivity index (χ1v) is 8.40. The van der Waals surface area contributed by atoms with E-state index in [-0.39, 0.29) is 5.82 Å². The van der Waals surface area contributed by atoms with Crippen LogP contribution in [0.25, 0.3) is 0 Å². The molecule has 0 aliphatic carbocycles. The molecule has 3 N–H and O–H groups in total. The first kappa shape index (κ1) is 21.5. The molecule has 1 aliphatic heterocycles. The maximum Gasteiger partial charge on any atom is 0.335 e. The Bertz CT molecular complexity index is 879. The zero-order valence-electron chi connectivity index (χ0n) is 15.0. The molecule has 0 amide bonds. The van der Waals surface area contributed by atoms with Gasteiger partial charge in [0.2, 0.25) is 0 Å². The monoisotopic (exact) mass is 408 g/mol. The fourth-order valence-corrected chi connectivity index (χ4v) is 2.66. The van der Waals surface area contributed by atoms with Crippen molar-refractivity contribution in [3.63, 3.8) is 0 Å². The summed E-state index contributed by atoms with van der Waals surface area (Å²) < 4.78 is 12.6. The van der Waals surface area contributed by atoms with Crippen molar-refractivity contribution in [3.8, 4) is 5.75 Å². The van der Waals surface area contributed by atoms with E-state index in [0.29, 0.717) is 12.1 Å². The zero-order valence-corrected chi connectivity index (χ0v) is 15.0. The van der Waals surface area contributed by atoms with Crippen LogP contribution >= 0.6 is 0 Å². The second-order valence-electron chi connectivity index (χ2n) is 5.99. The molecular formula is C17H17FN4O7. The van der Waals surface area contributed by atoms with E-state index >= 15 is 0 Å². The van der Waals surface area contributed by atoms with Crippen LogP contribution in [-0.4, -0.2) is 47.1 Å². The number of nitrogens with two attached hydrogens (primary N) is 1. The molecule has 1 heterocycles. The van der Waals surface area contributed by atoms with Crippen molar-refractivity contribution in [2.24, 2.45) is 0 Å². The Kier molecular flexibility index (Phi) is 6.98. The predicted molar refractivity (Wildman–Crippen MR) is 96.4 cm³/mol. The lowest BCUT2D eigenvalue weighted by atomic mass is 10.1. The average Bonchev–Trinajstić information content (AvgIpc) is 2.69. The molecule has 11 nitrogen and oxygen atoms in total. The van der Waals surface area contributed by atoms with Gasteiger partial charge < -0.3 is 20.4 Å². The van der Waals surface area contributed by atoms with Crippen LogP contribution in [0.2, 0.25) is 0 Å². The number of piperazine rings is 1. The number of carboxylic acids is 1. The molecule has 0 atom stereocenters.